The molecule has 0 amide bonds. The Morgan fingerprint density at radius 2 is 2.00 bits per heavy atom. The highest BCUT2D eigenvalue weighted by molar-refractivity contribution is 9.10. The van der Waals surface area contributed by atoms with Crippen LogP contribution >= 0.6 is 15.9 Å². The van der Waals surface area contributed by atoms with Crippen LogP contribution in [0.2, 0.25) is 0 Å². The van der Waals surface area contributed by atoms with Gasteiger partial charge in [-0.15, -0.1) is 0 Å². The average molecular weight is 340 g/mol. The Bertz CT molecular complexity index is 550. The van der Waals surface area contributed by atoms with Gasteiger partial charge in [0.15, 0.2) is 0 Å². The Kier molecular flexibility index (Phi) is 4.92. The molecule has 5 nitrogen and oxygen atoms in total. The smallest absolute Gasteiger partial charge is 0.376 e. The second-order valence-electron chi connectivity index (χ2n) is 4.31. The maximum atomic E-state index is 11.0. The molecule has 0 aromatic heterocycles. The van der Waals surface area contributed by atoms with Gasteiger partial charge in [-0.25, -0.2) is 4.79 Å². The second kappa shape index (κ2) is 6.67. The summed E-state index contributed by atoms with van der Waals surface area (Å²) in [7, 11) is 0. The zero-order valence-electron chi connectivity index (χ0n) is 10.7. The van der Waals surface area contributed by atoms with Crippen molar-refractivity contribution in [2.75, 3.05) is 31.2 Å². The molecule has 1 N–H and O–H groups in total. The van der Waals surface area contributed by atoms with Crippen LogP contribution in [0, 0.1) is 0 Å². The molecule has 106 valence electrons. The van der Waals surface area contributed by atoms with Gasteiger partial charge >= 0.3 is 5.97 Å². The van der Waals surface area contributed by atoms with Gasteiger partial charge in [-0.05, 0) is 39.7 Å². The lowest BCUT2D eigenvalue weighted by Crippen LogP contribution is -2.36. The van der Waals surface area contributed by atoms with Crippen LogP contribution in [0.5, 0.6) is 0 Å². The molecule has 0 atom stereocenters. The third kappa shape index (κ3) is 3.68. The molecule has 1 aliphatic heterocycles. The third-order valence-corrected chi connectivity index (χ3v) is 3.60. The van der Waals surface area contributed by atoms with Crippen molar-refractivity contribution in [1.82, 2.24) is 0 Å². The standard InChI is InChI=1S/C14H14BrNO4/c15-11-9-10(2-4-13(17)14(18)19)1-3-12(11)16-5-7-20-8-6-16/h1-4,9H,5-8H2,(H,18,19). The zero-order valence-corrected chi connectivity index (χ0v) is 12.3. The molecule has 1 aromatic rings. The van der Waals surface area contributed by atoms with E-state index in [1.807, 2.05) is 18.2 Å². The molecule has 0 radical (unpaired) electrons. The number of benzene rings is 1. The normalized spacial score (nSPS) is 15.6. The summed E-state index contributed by atoms with van der Waals surface area (Å²) in [5, 5.41) is 8.50. The Labute approximate surface area is 125 Å². The van der Waals surface area contributed by atoms with Gasteiger partial charge in [0, 0.05) is 17.6 Å². The van der Waals surface area contributed by atoms with Crippen LogP contribution in [0.15, 0.2) is 28.7 Å². The highest BCUT2D eigenvalue weighted by Crippen LogP contribution is 2.28. The molecule has 0 unspecified atom stereocenters. The zero-order chi connectivity index (χ0) is 14.5. The number of ketones is 1. The van der Waals surface area contributed by atoms with Crippen molar-refractivity contribution in [2.24, 2.45) is 0 Å². The fourth-order valence-electron chi connectivity index (χ4n) is 1.93. The average Bonchev–Trinajstić information content (AvgIpc) is 2.45. The Balaban J connectivity index is 2.13. The minimum atomic E-state index is -1.45. The van der Waals surface area contributed by atoms with E-state index in [1.165, 1.54) is 6.08 Å². The molecule has 0 spiro atoms. The number of ether oxygens (including phenoxy) is 1. The van der Waals surface area contributed by atoms with Crippen molar-refractivity contribution in [2.45, 2.75) is 0 Å². The van der Waals surface area contributed by atoms with E-state index in [9.17, 15) is 9.59 Å². The van der Waals surface area contributed by atoms with Crippen molar-refractivity contribution < 1.29 is 19.4 Å². The van der Waals surface area contributed by atoms with Crippen LogP contribution in [0.25, 0.3) is 6.08 Å². The fraction of sp³-hybridized carbons (Fsp3) is 0.286. The maximum Gasteiger partial charge on any atom is 0.376 e. The van der Waals surface area contributed by atoms with Gasteiger partial charge in [0.1, 0.15) is 0 Å². The molecular formula is C14H14BrNO4. The summed E-state index contributed by atoms with van der Waals surface area (Å²) in [6.07, 6.45) is 2.54. The Morgan fingerprint density at radius 3 is 2.60 bits per heavy atom. The highest BCUT2D eigenvalue weighted by atomic mass is 79.9. The van der Waals surface area contributed by atoms with Crippen molar-refractivity contribution in [1.29, 1.82) is 0 Å². The summed E-state index contributed by atoms with van der Waals surface area (Å²) in [6, 6.07) is 5.65. The predicted octanol–water partition coefficient (Wildman–Crippen LogP) is 1.95. The van der Waals surface area contributed by atoms with Crippen LogP contribution in [0.4, 0.5) is 5.69 Å². The number of carbonyl (C=O) groups is 2. The number of carbonyl (C=O) groups excluding carboxylic acids is 1. The van der Waals surface area contributed by atoms with Crippen LogP contribution < -0.4 is 4.90 Å². The lowest BCUT2D eigenvalue weighted by Gasteiger charge is -2.29. The number of nitrogens with zero attached hydrogens (tertiary/aromatic N) is 1. The summed E-state index contributed by atoms with van der Waals surface area (Å²) in [6.45, 7) is 3.10. The van der Waals surface area contributed by atoms with E-state index in [0.717, 1.165) is 34.9 Å². The molecule has 0 aliphatic carbocycles. The molecule has 1 saturated heterocycles. The molecule has 2 rings (SSSR count). The number of rotatable bonds is 4. The van der Waals surface area contributed by atoms with Gasteiger partial charge in [-0.3, -0.25) is 4.79 Å². The van der Waals surface area contributed by atoms with E-state index >= 15 is 0 Å². The number of morpholine rings is 1. The Morgan fingerprint density at radius 1 is 1.30 bits per heavy atom. The number of carboxylic acid groups (broad SMARTS) is 1. The van der Waals surface area contributed by atoms with Crippen LogP contribution in [0.1, 0.15) is 5.56 Å². The molecule has 20 heavy (non-hydrogen) atoms. The monoisotopic (exact) mass is 339 g/mol. The first-order valence-corrected chi connectivity index (χ1v) is 6.95. The van der Waals surface area contributed by atoms with E-state index in [1.54, 1.807) is 0 Å². The van der Waals surface area contributed by atoms with E-state index in [-0.39, 0.29) is 0 Å². The first-order valence-electron chi connectivity index (χ1n) is 6.15. The molecule has 1 fully saturated rings. The van der Waals surface area contributed by atoms with Gasteiger partial charge in [0.05, 0.1) is 18.9 Å². The third-order valence-electron chi connectivity index (χ3n) is 2.96. The van der Waals surface area contributed by atoms with Crippen molar-refractivity contribution >= 4 is 39.4 Å². The minimum absolute atomic E-state index is 0.710. The number of halogens is 1. The van der Waals surface area contributed by atoms with Crippen molar-refractivity contribution in [3.05, 3.63) is 34.3 Å². The van der Waals surface area contributed by atoms with Crippen LogP contribution in [-0.4, -0.2) is 43.2 Å². The van der Waals surface area contributed by atoms with Gasteiger partial charge in [0.25, 0.3) is 5.78 Å². The maximum absolute atomic E-state index is 11.0. The number of anilines is 1. The minimum Gasteiger partial charge on any atom is -0.475 e. The first-order chi connectivity index (χ1) is 9.58. The summed E-state index contributed by atoms with van der Waals surface area (Å²) in [5.41, 5.74) is 1.83. The number of carboxylic acids is 1. The number of aliphatic carboxylic acids is 1. The Hall–Kier alpha value is -1.66. The molecule has 6 heteroatoms. The van der Waals surface area contributed by atoms with Gasteiger partial charge in [-0.2, -0.15) is 0 Å². The SMILES string of the molecule is O=C(O)C(=O)C=Cc1ccc(N2CCOCC2)c(Br)c1. The van der Waals surface area contributed by atoms with Gasteiger partial charge in [-0.1, -0.05) is 12.1 Å². The predicted molar refractivity (Wildman–Crippen MR) is 78.9 cm³/mol. The molecule has 0 bridgehead atoms. The lowest BCUT2D eigenvalue weighted by atomic mass is 10.1. The summed E-state index contributed by atoms with van der Waals surface area (Å²) in [5.74, 6) is -2.39. The number of hydrogen-bond acceptors (Lipinski definition) is 4. The molecule has 0 saturated carbocycles. The van der Waals surface area contributed by atoms with E-state index in [0.29, 0.717) is 13.2 Å². The molecule has 1 heterocycles. The quantitative estimate of drug-likeness (QED) is 0.670. The topological polar surface area (TPSA) is 66.8 Å². The van der Waals surface area contributed by atoms with Crippen molar-refractivity contribution in [3.8, 4) is 0 Å². The van der Waals surface area contributed by atoms with Gasteiger partial charge in [0.2, 0.25) is 0 Å². The fourth-order valence-corrected chi connectivity index (χ4v) is 2.58. The highest BCUT2D eigenvalue weighted by Gasteiger charge is 2.13. The van der Waals surface area contributed by atoms with Gasteiger partial charge < -0.3 is 14.7 Å². The van der Waals surface area contributed by atoms with Crippen molar-refractivity contribution in [3.63, 3.8) is 0 Å². The lowest BCUT2D eigenvalue weighted by molar-refractivity contribution is -0.146. The largest absolute Gasteiger partial charge is 0.475 e. The summed E-state index contributed by atoms with van der Waals surface area (Å²) < 4.78 is 6.22. The molecular weight excluding hydrogens is 326 g/mol. The first kappa shape index (κ1) is 14.7. The van der Waals surface area contributed by atoms with E-state index in [4.69, 9.17) is 9.84 Å². The van der Waals surface area contributed by atoms with Crippen LogP contribution in [-0.2, 0) is 14.3 Å². The van der Waals surface area contributed by atoms with Crippen LogP contribution in [0.3, 0.4) is 0 Å². The van der Waals surface area contributed by atoms with E-state index < -0.39 is 11.8 Å². The number of hydrogen-bond donors (Lipinski definition) is 1. The van der Waals surface area contributed by atoms with E-state index in [2.05, 4.69) is 20.8 Å². The summed E-state index contributed by atoms with van der Waals surface area (Å²) >= 11 is 3.50. The summed E-state index contributed by atoms with van der Waals surface area (Å²) in [4.78, 5) is 23.6. The molecule has 1 aromatic carbocycles. The molecule has 1 aliphatic rings. The second-order valence-corrected chi connectivity index (χ2v) is 5.17.